The number of rotatable bonds is 3. The lowest BCUT2D eigenvalue weighted by Gasteiger charge is -2.27. The van der Waals surface area contributed by atoms with Gasteiger partial charge in [-0.2, -0.15) is 13.2 Å². The first-order valence-corrected chi connectivity index (χ1v) is 3.87. The van der Waals surface area contributed by atoms with Crippen LogP contribution < -0.4 is 5.32 Å². The number of methoxy groups -OCH3 is 1. The molecule has 88 valence electrons. The second-order valence-electron chi connectivity index (χ2n) is 2.60. The highest BCUT2D eigenvalue weighted by Gasteiger charge is 2.62. The topological polar surface area (TPSA) is 75.6 Å². The van der Waals surface area contributed by atoms with E-state index in [1.54, 1.807) is 0 Å². The van der Waals surface area contributed by atoms with Crippen molar-refractivity contribution < 1.29 is 32.6 Å². The van der Waals surface area contributed by atoms with Crippen molar-refractivity contribution in [3.8, 4) is 0 Å². The molecule has 0 rings (SSSR count). The third-order valence-electron chi connectivity index (χ3n) is 1.53. The molecular formula is C7H10F3NO4. The summed E-state index contributed by atoms with van der Waals surface area (Å²) in [6.07, 6.45) is -5.65. The van der Waals surface area contributed by atoms with E-state index in [4.69, 9.17) is 5.11 Å². The largest absolute Gasteiger partial charge is 0.465 e. The van der Waals surface area contributed by atoms with E-state index in [1.165, 1.54) is 6.92 Å². The van der Waals surface area contributed by atoms with Gasteiger partial charge in [-0.25, -0.2) is 4.79 Å². The maximum Gasteiger partial charge on any atom is 0.448 e. The lowest BCUT2D eigenvalue weighted by Crippen LogP contribution is -2.64. The van der Waals surface area contributed by atoms with Crippen molar-refractivity contribution in [2.24, 2.45) is 0 Å². The average Bonchev–Trinajstić information content (AvgIpc) is 2.14. The molecule has 0 aromatic carbocycles. The molecule has 8 heteroatoms. The van der Waals surface area contributed by atoms with E-state index < -0.39 is 23.8 Å². The Labute approximate surface area is 83.2 Å². The minimum atomic E-state index is -5.34. The quantitative estimate of drug-likeness (QED) is 0.525. The number of nitrogens with one attached hydrogen (secondary N) is 1. The molecule has 2 N–H and O–H groups in total. The lowest BCUT2D eigenvalue weighted by atomic mass is 10.2. The molecule has 5 nitrogen and oxygen atoms in total. The minimum Gasteiger partial charge on any atom is -0.465 e. The fourth-order valence-electron chi connectivity index (χ4n) is 0.675. The molecule has 0 radical (unpaired) electrons. The molecule has 0 aliphatic carbocycles. The first kappa shape index (κ1) is 13.7. The van der Waals surface area contributed by atoms with E-state index in [2.05, 4.69) is 4.74 Å². The van der Waals surface area contributed by atoms with Crippen molar-refractivity contribution in [3.63, 3.8) is 0 Å². The molecule has 0 aromatic heterocycles. The number of halogens is 3. The number of hydrogen-bond donors (Lipinski definition) is 2. The summed E-state index contributed by atoms with van der Waals surface area (Å²) >= 11 is 0. The summed E-state index contributed by atoms with van der Waals surface area (Å²) in [6, 6.07) is 0. The zero-order chi connectivity index (χ0) is 12.3. The highest BCUT2D eigenvalue weighted by molar-refractivity contribution is 5.87. The number of carbonyl (C=O) groups is 2. The number of aliphatic hydroxyl groups is 1. The van der Waals surface area contributed by atoms with Crippen molar-refractivity contribution in [2.45, 2.75) is 25.2 Å². The molecule has 0 saturated carbocycles. The van der Waals surface area contributed by atoms with Crippen LogP contribution in [0.4, 0.5) is 13.2 Å². The Morgan fingerprint density at radius 1 is 1.40 bits per heavy atom. The molecular weight excluding hydrogens is 219 g/mol. The van der Waals surface area contributed by atoms with Crippen LogP contribution in [0.25, 0.3) is 0 Å². The Morgan fingerprint density at radius 2 is 1.87 bits per heavy atom. The van der Waals surface area contributed by atoms with Gasteiger partial charge in [0.25, 0.3) is 0 Å². The van der Waals surface area contributed by atoms with Gasteiger partial charge in [0.2, 0.25) is 5.91 Å². The zero-order valence-electron chi connectivity index (χ0n) is 8.01. The average molecular weight is 229 g/mol. The van der Waals surface area contributed by atoms with Gasteiger partial charge in [0.1, 0.15) is 0 Å². The van der Waals surface area contributed by atoms with Crippen molar-refractivity contribution >= 4 is 11.9 Å². The molecule has 0 heterocycles. The Morgan fingerprint density at radius 3 is 2.13 bits per heavy atom. The third kappa shape index (κ3) is 2.82. The van der Waals surface area contributed by atoms with Gasteiger partial charge in [-0.05, 0) is 0 Å². The van der Waals surface area contributed by atoms with Crippen LogP contribution in [0, 0.1) is 0 Å². The summed E-state index contributed by atoms with van der Waals surface area (Å²) in [5, 5.41) is 10.1. The second kappa shape index (κ2) is 4.47. The molecule has 0 aromatic rings. The van der Waals surface area contributed by atoms with E-state index >= 15 is 0 Å². The zero-order valence-corrected chi connectivity index (χ0v) is 8.01. The van der Waals surface area contributed by atoms with E-state index in [0.717, 1.165) is 5.32 Å². The molecule has 0 aliphatic rings. The van der Waals surface area contributed by atoms with E-state index in [-0.39, 0.29) is 6.42 Å². The maximum absolute atomic E-state index is 12.3. The molecule has 15 heavy (non-hydrogen) atoms. The number of hydrogen-bond acceptors (Lipinski definition) is 4. The summed E-state index contributed by atoms with van der Waals surface area (Å²) < 4.78 is 40.6. The van der Waals surface area contributed by atoms with Gasteiger partial charge in [0.15, 0.2) is 0 Å². The molecule has 0 fully saturated rings. The number of alkyl halides is 3. The standard InChI is InChI=1S/C7H10F3NO4/c1-3-4(12)11-6(14,5(13)15-2)7(8,9)10/h14H,3H2,1-2H3,(H,11,12). The first-order valence-electron chi connectivity index (χ1n) is 3.87. The highest BCUT2D eigenvalue weighted by atomic mass is 19.4. The highest BCUT2D eigenvalue weighted by Crippen LogP contribution is 2.29. The van der Waals surface area contributed by atoms with E-state index in [1.807, 2.05) is 0 Å². The first-order chi connectivity index (χ1) is 6.69. The van der Waals surface area contributed by atoms with Crippen LogP contribution in [0.5, 0.6) is 0 Å². The Hall–Kier alpha value is -1.31. The summed E-state index contributed by atoms with van der Waals surface area (Å²) in [6.45, 7) is 1.27. The number of ether oxygens (including phenoxy) is 1. The van der Waals surface area contributed by atoms with Crippen LogP contribution in [0.2, 0.25) is 0 Å². The summed E-state index contributed by atoms with van der Waals surface area (Å²) in [7, 11) is 0.664. The monoisotopic (exact) mass is 229 g/mol. The predicted molar refractivity (Wildman–Crippen MR) is 41.5 cm³/mol. The van der Waals surface area contributed by atoms with E-state index in [9.17, 15) is 22.8 Å². The molecule has 0 aliphatic heterocycles. The Kier molecular flexibility index (Phi) is 4.08. The predicted octanol–water partition coefficient (Wildman–Crippen LogP) is -0.0635. The summed E-state index contributed by atoms with van der Waals surface area (Å²) in [5.41, 5.74) is -3.99. The van der Waals surface area contributed by atoms with Crippen LogP contribution in [0.1, 0.15) is 13.3 Å². The van der Waals surface area contributed by atoms with Crippen molar-refractivity contribution in [1.82, 2.24) is 5.32 Å². The minimum absolute atomic E-state index is 0.310. The van der Waals surface area contributed by atoms with Crippen molar-refractivity contribution in [1.29, 1.82) is 0 Å². The fraction of sp³-hybridized carbons (Fsp3) is 0.714. The van der Waals surface area contributed by atoms with Crippen molar-refractivity contribution in [3.05, 3.63) is 0 Å². The number of carbonyl (C=O) groups excluding carboxylic acids is 2. The molecule has 1 atom stereocenters. The fourth-order valence-corrected chi connectivity index (χ4v) is 0.675. The molecule has 1 amide bonds. The van der Waals surface area contributed by atoms with E-state index in [0.29, 0.717) is 7.11 Å². The van der Waals surface area contributed by atoms with Crippen molar-refractivity contribution in [2.75, 3.05) is 7.11 Å². The van der Waals surface area contributed by atoms with Gasteiger partial charge >= 0.3 is 17.9 Å². The number of esters is 1. The second-order valence-corrected chi connectivity index (χ2v) is 2.60. The summed E-state index contributed by atoms with van der Waals surface area (Å²) in [5.74, 6) is -3.11. The van der Waals surface area contributed by atoms with Crippen LogP contribution >= 0.6 is 0 Å². The maximum atomic E-state index is 12.3. The van der Waals surface area contributed by atoms with Gasteiger partial charge in [-0.15, -0.1) is 0 Å². The van der Waals surface area contributed by atoms with Gasteiger partial charge in [-0.3, -0.25) is 4.79 Å². The number of amides is 1. The lowest BCUT2D eigenvalue weighted by molar-refractivity contribution is -0.270. The molecule has 0 bridgehead atoms. The van der Waals surface area contributed by atoms with Crippen LogP contribution in [-0.2, 0) is 14.3 Å². The molecule has 0 saturated heterocycles. The van der Waals surface area contributed by atoms with Gasteiger partial charge in [0, 0.05) is 6.42 Å². The smallest absolute Gasteiger partial charge is 0.448 e. The van der Waals surface area contributed by atoms with Crippen LogP contribution in [0.3, 0.4) is 0 Å². The normalized spacial score (nSPS) is 15.3. The molecule has 1 unspecified atom stereocenters. The third-order valence-corrected chi connectivity index (χ3v) is 1.53. The van der Waals surface area contributed by atoms with Gasteiger partial charge in [-0.1, -0.05) is 6.92 Å². The van der Waals surface area contributed by atoms with Crippen LogP contribution in [0.15, 0.2) is 0 Å². The summed E-state index contributed by atoms with van der Waals surface area (Å²) in [4.78, 5) is 21.4. The Bertz CT molecular complexity index is 265. The van der Waals surface area contributed by atoms with Gasteiger partial charge < -0.3 is 15.2 Å². The van der Waals surface area contributed by atoms with Crippen LogP contribution in [-0.4, -0.2) is 36.0 Å². The van der Waals surface area contributed by atoms with Gasteiger partial charge in [0.05, 0.1) is 7.11 Å². The molecule has 0 spiro atoms. The SMILES string of the molecule is CCC(=O)NC(O)(C(=O)OC)C(F)(F)F. The Balaban J connectivity index is 5.04.